The van der Waals surface area contributed by atoms with Crippen molar-refractivity contribution in [1.29, 1.82) is 0 Å². The van der Waals surface area contributed by atoms with Gasteiger partial charge in [0, 0.05) is 5.37 Å². The van der Waals surface area contributed by atoms with Gasteiger partial charge in [-0.25, -0.2) is 4.79 Å². The minimum absolute atomic E-state index is 0.721. The fourth-order valence-corrected chi connectivity index (χ4v) is 2.02. The van der Waals surface area contributed by atoms with Crippen LogP contribution in [0.4, 0.5) is 0 Å². The van der Waals surface area contributed by atoms with E-state index in [4.69, 9.17) is 5.11 Å². The highest BCUT2D eigenvalue weighted by Gasteiger charge is 1.93. The Balaban J connectivity index is 2.43. The summed E-state index contributed by atoms with van der Waals surface area (Å²) in [7, 11) is 0. The molecule has 76 valence electrons. The molecule has 0 saturated carbocycles. The summed E-state index contributed by atoms with van der Waals surface area (Å²) in [5.41, 5.74) is 0. The van der Waals surface area contributed by atoms with Gasteiger partial charge < -0.3 is 5.11 Å². The standard InChI is InChI=1S/C12H10O2S/c13-12(14)8-15-11-6-5-9-3-1-2-4-10(9)7-11/h1-8,15H,(H,13,14). The third-order valence-corrected chi connectivity index (χ3v) is 2.98. The normalized spacial score (nSPS) is 11.5. The zero-order valence-corrected chi connectivity index (χ0v) is 8.82. The van der Waals surface area contributed by atoms with Crippen LogP contribution in [-0.4, -0.2) is 16.4 Å². The lowest BCUT2D eigenvalue weighted by molar-refractivity contribution is -0.128. The van der Waals surface area contributed by atoms with Crippen molar-refractivity contribution in [3.05, 3.63) is 42.5 Å². The Bertz CT molecular complexity index is 532. The zero-order valence-electron chi connectivity index (χ0n) is 7.92. The molecular weight excluding hydrogens is 208 g/mol. The van der Waals surface area contributed by atoms with E-state index in [0.29, 0.717) is 0 Å². The van der Waals surface area contributed by atoms with Gasteiger partial charge in [-0.1, -0.05) is 30.3 Å². The number of fused-ring (bicyclic) bond motifs is 1. The van der Waals surface area contributed by atoms with Gasteiger partial charge in [-0.2, -0.15) is 11.4 Å². The first-order valence-corrected chi connectivity index (χ1v) is 5.48. The second-order valence-electron chi connectivity index (χ2n) is 3.13. The molecule has 0 unspecified atom stereocenters. The lowest BCUT2D eigenvalue weighted by Gasteiger charge is -1.98. The maximum Gasteiger partial charge on any atom is 0.334 e. The van der Waals surface area contributed by atoms with Crippen LogP contribution in [-0.2, 0) is 4.79 Å². The van der Waals surface area contributed by atoms with Crippen LogP contribution < -0.4 is 0 Å². The van der Waals surface area contributed by atoms with E-state index in [-0.39, 0.29) is 0 Å². The van der Waals surface area contributed by atoms with Gasteiger partial charge in [0.15, 0.2) is 0 Å². The molecule has 3 heteroatoms. The van der Waals surface area contributed by atoms with Crippen molar-refractivity contribution in [2.75, 3.05) is 0 Å². The summed E-state index contributed by atoms with van der Waals surface area (Å²) in [5.74, 6) is -0.884. The quantitative estimate of drug-likeness (QED) is 0.600. The van der Waals surface area contributed by atoms with E-state index in [9.17, 15) is 4.79 Å². The van der Waals surface area contributed by atoms with Gasteiger partial charge in [-0.05, 0) is 27.8 Å². The molecule has 0 amide bonds. The fourth-order valence-electron chi connectivity index (χ4n) is 1.39. The van der Waals surface area contributed by atoms with Crippen molar-refractivity contribution >= 4 is 33.5 Å². The van der Waals surface area contributed by atoms with Crippen LogP contribution in [0.5, 0.6) is 0 Å². The first-order chi connectivity index (χ1) is 7.25. The molecule has 0 radical (unpaired) electrons. The van der Waals surface area contributed by atoms with E-state index in [0.717, 1.165) is 21.6 Å². The largest absolute Gasteiger partial charge is 0.478 e. The molecule has 0 heterocycles. The molecule has 15 heavy (non-hydrogen) atoms. The minimum atomic E-state index is -0.884. The molecule has 0 aliphatic rings. The fraction of sp³-hybridized carbons (Fsp3) is 0. The molecule has 0 fully saturated rings. The van der Waals surface area contributed by atoms with Crippen LogP contribution >= 0.6 is 11.4 Å². The number of carboxylic acid groups (broad SMARTS) is 1. The highest BCUT2D eigenvalue weighted by Crippen LogP contribution is 2.19. The maximum atomic E-state index is 10.4. The average molecular weight is 218 g/mol. The molecule has 2 aromatic carbocycles. The molecule has 1 N–H and O–H groups in total. The predicted molar refractivity (Wildman–Crippen MR) is 64.9 cm³/mol. The number of thiol groups is 1. The first-order valence-electron chi connectivity index (χ1n) is 4.51. The zero-order chi connectivity index (χ0) is 10.7. The topological polar surface area (TPSA) is 37.3 Å². The Morgan fingerprint density at radius 1 is 1.13 bits per heavy atom. The molecule has 2 rings (SSSR count). The third-order valence-electron chi connectivity index (χ3n) is 2.06. The molecular formula is C12H10O2S. The summed E-state index contributed by atoms with van der Waals surface area (Å²) in [6.07, 6.45) is 0. The van der Waals surface area contributed by atoms with Crippen LogP contribution in [0.1, 0.15) is 0 Å². The van der Waals surface area contributed by atoms with Crippen LogP contribution in [0.15, 0.2) is 47.4 Å². The molecule has 0 aliphatic carbocycles. The summed E-state index contributed by atoms with van der Waals surface area (Å²) >= 11 is 0.721. The molecule has 0 aliphatic heterocycles. The van der Waals surface area contributed by atoms with Gasteiger partial charge in [0.1, 0.15) is 0 Å². The Hall–Kier alpha value is -1.61. The SMILES string of the molecule is O=C(O)C=[SH]c1ccc2ccccc2c1. The highest BCUT2D eigenvalue weighted by molar-refractivity contribution is 7.98. The number of carboxylic acids is 1. The highest BCUT2D eigenvalue weighted by atomic mass is 32.1. The number of hydrogen-bond donors (Lipinski definition) is 2. The van der Waals surface area contributed by atoms with Crippen molar-refractivity contribution in [3.63, 3.8) is 0 Å². The molecule has 0 aromatic heterocycles. The molecule has 0 atom stereocenters. The molecule has 2 aromatic rings. The predicted octanol–water partition coefficient (Wildman–Crippen LogP) is 2.55. The van der Waals surface area contributed by atoms with Crippen molar-refractivity contribution in [3.8, 4) is 0 Å². The number of hydrogen-bond acceptors (Lipinski definition) is 1. The van der Waals surface area contributed by atoms with Crippen LogP contribution in [0, 0.1) is 0 Å². The number of carbonyl (C=O) groups is 1. The van der Waals surface area contributed by atoms with Crippen molar-refractivity contribution in [2.24, 2.45) is 0 Å². The summed E-state index contributed by atoms with van der Waals surface area (Å²) in [6, 6.07) is 14.0. The molecule has 2 nitrogen and oxygen atoms in total. The number of rotatable bonds is 2. The van der Waals surface area contributed by atoms with E-state index in [2.05, 4.69) is 0 Å². The van der Waals surface area contributed by atoms with E-state index in [1.54, 1.807) is 0 Å². The van der Waals surface area contributed by atoms with Gasteiger partial charge >= 0.3 is 5.97 Å². The first kappa shape index (κ1) is 9.93. The summed E-state index contributed by atoms with van der Waals surface area (Å²) < 4.78 is 0. The Morgan fingerprint density at radius 3 is 2.60 bits per heavy atom. The maximum absolute atomic E-state index is 10.4. The molecule has 0 saturated heterocycles. The smallest absolute Gasteiger partial charge is 0.334 e. The second-order valence-corrected chi connectivity index (χ2v) is 4.16. The third kappa shape index (κ3) is 2.44. The summed E-state index contributed by atoms with van der Waals surface area (Å²) in [4.78, 5) is 11.4. The van der Waals surface area contributed by atoms with Crippen molar-refractivity contribution in [1.82, 2.24) is 0 Å². The van der Waals surface area contributed by atoms with Crippen molar-refractivity contribution in [2.45, 2.75) is 4.90 Å². The van der Waals surface area contributed by atoms with Gasteiger partial charge in [0.05, 0.1) is 0 Å². The molecule has 0 bridgehead atoms. The lowest BCUT2D eigenvalue weighted by Crippen LogP contribution is -1.92. The number of benzene rings is 2. The van der Waals surface area contributed by atoms with Crippen LogP contribution in [0.25, 0.3) is 10.8 Å². The van der Waals surface area contributed by atoms with E-state index in [1.807, 2.05) is 42.5 Å². The average Bonchev–Trinajstić information content (AvgIpc) is 2.26. The Labute approximate surface area is 91.1 Å². The van der Waals surface area contributed by atoms with E-state index >= 15 is 0 Å². The van der Waals surface area contributed by atoms with Gasteiger partial charge in [0.2, 0.25) is 0 Å². The van der Waals surface area contributed by atoms with Gasteiger partial charge in [0.25, 0.3) is 0 Å². The monoisotopic (exact) mass is 218 g/mol. The summed E-state index contributed by atoms with van der Waals surface area (Å²) in [6.45, 7) is 0. The Kier molecular flexibility index (Phi) is 2.83. The van der Waals surface area contributed by atoms with Gasteiger partial charge in [-0.3, -0.25) is 0 Å². The minimum Gasteiger partial charge on any atom is -0.478 e. The van der Waals surface area contributed by atoms with Gasteiger partial charge in [-0.15, -0.1) is 0 Å². The Morgan fingerprint density at radius 2 is 1.87 bits per heavy atom. The lowest BCUT2D eigenvalue weighted by atomic mass is 10.1. The summed E-state index contributed by atoms with van der Waals surface area (Å²) in [5, 5.41) is 12.1. The van der Waals surface area contributed by atoms with E-state index in [1.165, 1.54) is 10.8 Å². The van der Waals surface area contributed by atoms with Crippen LogP contribution in [0.2, 0.25) is 0 Å². The van der Waals surface area contributed by atoms with Crippen LogP contribution in [0.3, 0.4) is 0 Å². The number of aliphatic carboxylic acids is 1. The second kappa shape index (κ2) is 4.28. The van der Waals surface area contributed by atoms with Crippen molar-refractivity contribution < 1.29 is 9.90 Å². The molecule has 0 spiro atoms. The van der Waals surface area contributed by atoms with E-state index < -0.39 is 5.97 Å².